The summed E-state index contributed by atoms with van der Waals surface area (Å²) >= 11 is 0. The lowest BCUT2D eigenvalue weighted by Crippen LogP contribution is -2.02. The van der Waals surface area contributed by atoms with E-state index in [1.54, 1.807) is 0 Å². The summed E-state index contributed by atoms with van der Waals surface area (Å²) in [6.45, 7) is 0. The van der Waals surface area contributed by atoms with Gasteiger partial charge >= 0.3 is 0 Å². The number of para-hydroxylation sites is 4. The van der Waals surface area contributed by atoms with Crippen LogP contribution in [0.1, 0.15) is 0 Å². The van der Waals surface area contributed by atoms with E-state index in [-0.39, 0.29) is 0 Å². The Bertz CT molecular complexity index is 3910. The molecule has 0 aliphatic heterocycles. The van der Waals surface area contributed by atoms with Gasteiger partial charge in [0.2, 0.25) is 0 Å². The van der Waals surface area contributed by atoms with Crippen LogP contribution in [0.5, 0.6) is 0 Å². The second-order valence-corrected chi connectivity index (χ2v) is 17.2. The Balaban J connectivity index is 0.989. The van der Waals surface area contributed by atoms with E-state index in [1.165, 1.54) is 32.6 Å². The molecular weight excluding hydrogens is 827 g/mol. The highest BCUT2D eigenvalue weighted by molar-refractivity contribution is 6.11. The van der Waals surface area contributed by atoms with Crippen LogP contribution in [0.25, 0.3) is 123 Å². The first-order valence-electron chi connectivity index (χ1n) is 23.0. The Kier molecular flexibility index (Phi) is 9.43. The molecule has 0 atom stereocenters. The number of hydrogen-bond acceptors (Lipinski definition) is 3. The molecule has 0 bridgehead atoms. The van der Waals surface area contributed by atoms with Crippen LogP contribution in [0, 0.1) is 0 Å². The molecule has 13 aromatic rings. The summed E-state index contributed by atoms with van der Waals surface area (Å²) in [6.07, 6.45) is 0. The van der Waals surface area contributed by atoms with Gasteiger partial charge in [0.15, 0.2) is 17.5 Å². The SMILES string of the molecule is c1ccc(-c2nc(-c3cccc(-c4ccc(-c5ccccc5)c(-n5c6ccccc6c6ccccc65)c4)c3)nc(-c3ccc(-c4ccccc4)c(-n4c5ccccc5c5ccccc54)c3)n2)cc1. The van der Waals surface area contributed by atoms with E-state index in [1.807, 2.05) is 18.2 Å². The van der Waals surface area contributed by atoms with Gasteiger partial charge in [-0.1, -0.05) is 206 Å². The van der Waals surface area contributed by atoms with Crippen LogP contribution in [-0.2, 0) is 0 Å². The van der Waals surface area contributed by atoms with Gasteiger partial charge in [-0.3, -0.25) is 0 Å². The van der Waals surface area contributed by atoms with Gasteiger partial charge in [0.25, 0.3) is 0 Å². The lowest BCUT2D eigenvalue weighted by molar-refractivity contribution is 1.07. The Morgan fingerprint density at radius 2 is 0.529 bits per heavy atom. The van der Waals surface area contributed by atoms with Gasteiger partial charge in [0.05, 0.1) is 33.4 Å². The minimum atomic E-state index is 0.599. The van der Waals surface area contributed by atoms with E-state index < -0.39 is 0 Å². The molecule has 0 fully saturated rings. The van der Waals surface area contributed by atoms with Crippen LogP contribution < -0.4 is 0 Å². The zero-order valence-electron chi connectivity index (χ0n) is 36.9. The van der Waals surface area contributed by atoms with Crippen molar-refractivity contribution in [1.82, 2.24) is 24.1 Å². The van der Waals surface area contributed by atoms with Gasteiger partial charge in [-0.15, -0.1) is 0 Å². The van der Waals surface area contributed by atoms with Crippen LogP contribution in [0.4, 0.5) is 0 Å². The number of benzene rings is 10. The third kappa shape index (κ3) is 6.68. The second kappa shape index (κ2) is 16.4. The Hall–Kier alpha value is -9.19. The largest absolute Gasteiger partial charge is 0.309 e. The maximum atomic E-state index is 5.33. The van der Waals surface area contributed by atoms with E-state index in [0.29, 0.717) is 17.5 Å². The summed E-state index contributed by atoms with van der Waals surface area (Å²) in [4.78, 5) is 15.8. The van der Waals surface area contributed by atoms with Crippen molar-refractivity contribution in [1.29, 1.82) is 0 Å². The third-order valence-electron chi connectivity index (χ3n) is 13.2. The van der Waals surface area contributed by atoms with Gasteiger partial charge in [0, 0.05) is 49.4 Å². The van der Waals surface area contributed by atoms with Crippen molar-refractivity contribution in [2.24, 2.45) is 0 Å². The van der Waals surface area contributed by atoms with Crippen LogP contribution >= 0.6 is 0 Å². The molecule has 318 valence electrons. The van der Waals surface area contributed by atoms with Gasteiger partial charge in [-0.05, 0) is 64.7 Å². The second-order valence-electron chi connectivity index (χ2n) is 17.2. The molecule has 0 saturated carbocycles. The molecule has 0 N–H and O–H groups in total. The molecule has 5 heteroatoms. The summed E-state index contributed by atoms with van der Waals surface area (Å²) in [6, 6.07) is 88.2. The minimum absolute atomic E-state index is 0.599. The van der Waals surface area contributed by atoms with Crippen molar-refractivity contribution >= 4 is 43.6 Å². The molecular formula is C63H41N5. The number of aromatic nitrogens is 5. The number of rotatable bonds is 8. The predicted molar refractivity (Wildman–Crippen MR) is 281 cm³/mol. The third-order valence-corrected chi connectivity index (χ3v) is 13.2. The smallest absolute Gasteiger partial charge is 0.164 e. The summed E-state index contributed by atoms with van der Waals surface area (Å²) < 4.78 is 4.80. The molecule has 3 aromatic heterocycles. The molecule has 0 unspecified atom stereocenters. The van der Waals surface area contributed by atoms with E-state index in [2.05, 4.69) is 240 Å². The lowest BCUT2D eigenvalue weighted by atomic mass is 9.96. The number of hydrogen-bond donors (Lipinski definition) is 0. The minimum Gasteiger partial charge on any atom is -0.309 e. The first kappa shape index (κ1) is 39.2. The maximum Gasteiger partial charge on any atom is 0.164 e. The van der Waals surface area contributed by atoms with Crippen LogP contribution in [0.15, 0.2) is 249 Å². The van der Waals surface area contributed by atoms with Crippen molar-refractivity contribution in [2.75, 3.05) is 0 Å². The van der Waals surface area contributed by atoms with Crippen LogP contribution in [0.3, 0.4) is 0 Å². The molecule has 0 spiro atoms. The summed E-state index contributed by atoms with van der Waals surface area (Å²) in [5.41, 5.74) is 16.2. The molecule has 13 rings (SSSR count). The average molecular weight is 868 g/mol. The van der Waals surface area contributed by atoms with Gasteiger partial charge in [0.1, 0.15) is 0 Å². The van der Waals surface area contributed by atoms with Gasteiger partial charge < -0.3 is 9.13 Å². The molecule has 10 aromatic carbocycles. The number of fused-ring (bicyclic) bond motifs is 6. The highest BCUT2D eigenvalue weighted by atomic mass is 15.0. The Morgan fingerprint density at radius 3 is 0.985 bits per heavy atom. The molecule has 0 aliphatic rings. The predicted octanol–water partition coefficient (Wildman–Crippen LogP) is 16.1. The molecule has 0 aliphatic carbocycles. The fraction of sp³-hybridized carbons (Fsp3) is 0. The molecule has 0 amide bonds. The van der Waals surface area contributed by atoms with E-state index in [4.69, 9.17) is 15.0 Å². The topological polar surface area (TPSA) is 48.5 Å². The van der Waals surface area contributed by atoms with Gasteiger partial charge in [-0.2, -0.15) is 0 Å². The molecule has 0 saturated heterocycles. The van der Waals surface area contributed by atoms with Crippen LogP contribution in [0.2, 0.25) is 0 Å². The van der Waals surface area contributed by atoms with Crippen molar-refractivity contribution < 1.29 is 0 Å². The zero-order valence-corrected chi connectivity index (χ0v) is 36.9. The number of nitrogens with zero attached hydrogens (tertiary/aromatic N) is 5. The standard InChI is InChI=1S/C63H41N5/c1-4-19-42(20-5-1)49-37-35-46(40-59(49)67-55-31-14-10-27-51(55)52-28-11-15-32-56(52)67)45-25-18-26-47(39-45)62-64-61(44-23-8-3-9-24-44)65-63(66-62)48-36-38-50(43-21-6-2-7-22-43)60(41-48)68-57-33-16-12-29-53(57)54-30-13-17-34-58(54)68/h1-41H. The first-order valence-corrected chi connectivity index (χ1v) is 23.0. The molecule has 5 nitrogen and oxygen atoms in total. The normalized spacial score (nSPS) is 11.5. The van der Waals surface area contributed by atoms with E-state index >= 15 is 0 Å². The summed E-state index contributed by atoms with van der Waals surface area (Å²) in [7, 11) is 0. The lowest BCUT2D eigenvalue weighted by Gasteiger charge is -2.17. The van der Waals surface area contributed by atoms with Crippen molar-refractivity contribution in [3.63, 3.8) is 0 Å². The molecule has 3 heterocycles. The van der Waals surface area contributed by atoms with Crippen molar-refractivity contribution in [3.8, 4) is 78.9 Å². The molecule has 0 radical (unpaired) electrons. The van der Waals surface area contributed by atoms with E-state index in [0.717, 1.165) is 72.5 Å². The van der Waals surface area contributed by atoms with E-state index in [9.17, 15) is 0 Å². The monoisotopic (exact) mass is 867 g/mol. The summed E-state index contributed by atoms with van der Waals surface area (Å²) in [5, 5.41) is 4.87. The van der Waals surface area contributed by atoms with Crippen molar-refractivity contribution in [3.05, 3.63) is 249 Å². The highest BCUT2D eigenvalue weighted by Gasteiger charge is 2.21. The quantitative estimate of drug-likeness (QED) is 0.153. The van der Waals surface area contributed by atoms with Crippen molar-refractivity contribution in [2.45, 2.75) is 0 Å². The fourth-order valence-electron chi connectivity index (χ4n) is 10.0. The molecule has 68 heavy (non-hydrogen) atoms. The van der Waals surface area contributed by atoms with Gasteiger partial charge in [-0.25, -0.2) is 15.0 Å². The average Bonchev–Trinajstić information content (AvgIpc) is 3.94. The highest BCUT2D eigenvalue weighted by Crippen LogP contribution is 2.41. The Labute approximate surface area is 393 Å². The zero-order chi connectivity index (χ0) is 45.0. The first-order chi connectivity index (χ1) is 33.7. The van der Waals surface area contributed by atoms with Crippen LogP contribution in [-0.4, -0.2) is 24.1 Å². The summed E-state index contributed by atoms with van der Waals surface area (Å²) in [5.74, 6) is 1.81. The Morgan fingerprint density at radius 1 is 0.221 bits per heavy atom. The maximum absolute atomic E-state index is 5.33. The fourth-order valence-corrected chi connectivity index (χ4v) is 10.0.